The lowest BCUT2D eigenvalue weighted by Gasteiger charge is -2.13. The Balaban J connectivity index is 1.55. The molecule has 0 fully saturated rings. The van der Waals surface area contributed by atoms with Crippen molar-refractivity contribution in [3.63, 3.8) is 0 Å². The summed E-state index contributed by atoms with van der Waals surface area (Å²) in [6.45, 7) is 4.36. The second kappa shape index (κ2) is 8.72. The minimum atomic E-state index is 0.691. The standard InChI is InChI=1S/C38H25N3S/c1-22-16-18-31-28(20-22)33-34-29-21-23(2)17-19-32(29)42-37(34)26-13-7-6-12-25(26)36(33)41(31)38-39-30-15-9-8-14-27(30)35(40-38)24-10-4-3-5-11-24/h3-21H,1-2H3. The summed E-state index contributed by atoms with van der Waals surface area (Å²) < 4.78 is 4.96. The van der Waals surface area contributed by atoms with Gasteiger partial charge in [0.05, 0.1) is 22.2 Å². The molecule has 0 aliphatic rings. The molecule has 3 heterocycles. The largest absolute Gasteiger partial charge is 0.277 e. The van der Waals surface area contributed by atoms with Gasteiger partial charge in [0.1, 0.15) is 0 Å². The van der Waals surface area contributed by atoms with Crippen molar-refractivity contribution in [3.8, 4) is 17.2 Å². The lowest BCUT2D eigenvalue weighted by molar-refractivity contribution is 1.02. The van der Waals surface area contributed by atoms with Crippen LogP contribution in [0.3, 0.4) is 0 Å². The van der Waals surface area contributed by atoms with Gasteiger partial charge in [0.25, 0.3) is 0 Å². The molecule has 0 saturated carbocycles. The molecule has 3 nitrogen and oxygen atoms in total. The highest BCUT2D eigenvalue weighted by Gasteiger charge is 2.23. The first-order chi connectivity index (χ1) is 20.7. The summed E-state index contributed by atoms with van der Waals surface area (Å²) in [5, 5.41) is 8.69. The van der Waals surface area contributed by atoms with Gasteiger partial charge in [0.2, 0.25) is 5.95 Å². The van der Waals surface area contributed by atoms with E-state index < -0.39 is 0 Å². The molecule has 0 bridgehead atoms. The molecule has 0 unspecified atom stereocenters. The predicted molar refractivity (Wildman–Crippen MR) is 179 cm³/mol. The van der Waals surface area contributed by atoms with Crippen molar-refractivity contribution in [2.24, 2.45) is 0 Å². The third kappa shape index (κ3) is 3.27. The maximum absolute atomic E-state index is 5.34. The summed E-state index contributed by atoms with van der Waals surface area (Å²) in [4.78, 5) is 10.6. The molecule has 198 valence electrons. The first-order valence-corrected chi connectivity index (χ1v) is 15.1. The smallest absolute Gasteiger partial charge is 0.235 e. The molecule has 0 saturated heterocycles. The molecule has 0 radical (unpaired) electrons. The van der Waals surface area contributed by atoms with E-state index in [0.29, 0.717) is 5.95 Å². The van der Waals surface area contributed by atoms with Crippen LogP contribution in [0.5, 0.6) is 0 Å². The highest BCUT2D eigenvalue weighted by Crippen LogP contribution is 2.48. The van der Waals surface area contributed by atoms with E-state index in [1.165, 1.54) is 52.8 Å². The summed E-state index contributed by atoms with van der Waals surface area (Å²) in [7, 11) is 0. The molecule has 0 amide bonds. The topological polar surface area (TPSA) is 30.7 Å². The lowest BCUT2D eigenvalue weighted by Crippen LogP contribution is -2.03. The van der Waals surface area contributed by atoms with Crippen LogP contribution in [0.4, 0.5) is 0 Å². The number of benzene rings is 6. The molecular formula is C38H25N3S. The van der Waals surface area contributed by atoms with Gasteiger partial charge in [-0.15, -0.1) is 11.3 Å². The number of para-hydroxylation sites is 1. The first-order valence-electron chi connectivity index (χ1n) is 14.3. The number of aromatic nitrogens is 3. The van der Waals surface area contributed by atoms with E-state index in [-0.39, 0.29) is 0 Å². The number of nitrogens with zero attached hydrogens (tertiary/aromatic N) is 3. The number of hydrogen-bond acceptors (Lipinski definition) is 3. The fourth-order valence-electron chi connectivity index (χ4n) is 6.64. The van der Waals surface area contributed by atoms with E-state index in [0.717, 1.165) is 33.2 Å². The Morgan fingerprint density at radius 2 is 1.26 bits per heavy atom. The first kappa shape index (κ1) is 23.6. The average molecular weight is 556 g/mol. The van der Waals surface area contributed by atoms with Crippen LogP contribution in [0.1, 0.15) is 11.1 Å². The van der Waals surface area contributed by atoms with E-state index >= 15 is 0 Å². The molecule has 42 heavy (non-hydrogen) atoms. The Kier molecular flexibility index (Phi) is 4.90. The minimum absolute atomic E-state index is 0.691. The highest BCUT2D eigenvalue weighted by atomic mass is 32.1. The van der Waals surface area contributed by atoms with Gasteiger partial charge >= 0.3 is 0 Å². The van der Waals surface area contributed by atoms with Crippen molar-refractivity contribution in [2.45, 2.75) is 13.8 Å². The highest BCUT2D eigenvalue weighted by molar-refractivity contribution is 7.27. The number of hydrogen-bond donors (Lipinski definition) is 0. The maximum atomic E-state index is 5.34. The van der Waals surface area contributed by atoms with Gasteiger partial charge in [-0.3, -0.25) is 4.57 Å². The molecule has 9 aromatic rings. The molecule has 3 aromatic heterocycles. The number of thiophene rings is 1. The summed E-state index contributed by atoms with van der Waals surface area (Å²) >= 11 is 1.89. The molecule has 0 N–H and O–H groups in total. The van der Waals surface area contributed by atoms with Gasteiger partial charge in [0.15, 0.2) is 0 Å². The van der Waals surface area contributed by atoms with Crippen molar-refractivity contribution < 1.29 is 0 Å². The summed E-state index contributed by atoms with van der Waals surface area (Å²) in [6.07, 6.45) is 0. The predicted octanol–water partition coefficient (Wildman–Crippen LogP) is 10.5. The van der Waals surface area contributed by atoms with Crippen LogP contribution in [-0.2, 0) is 0 Å². The SMILES string of the molecule is Cc1ccc2sc3c4ccccc4c4c(c5cc(C)ccc5n4-c4nc(-c5ccccc5)c5ccccc5n4)c3c2c1. The zero-order chi connectivity index (χ0) is 27.9. The zero-order valence-electron chi connectivity index (χ0n) is 23.2. The molecule has 0 aliphatic heterocycles. The molecule has 4 heteroatoms. The van der Waals surface area contributed by atoms with Gasteiger partial charge in [-0.1, -0.05) is 96.1 Å². The van der Waals surface area contributed by atoms with E-state index in [1.807, 2.05) is 17.4 Å². The Bertz CT molecular complexity index is 2540. The van der Waals surface area contributed by atoms with Crippen LogP contribution >= 0.6 is 11.3 Å². The molecule has 9 rings (SSSR count). The van der Waals surface area contributed by atoms with Crippen molar-refractivity contribution in [1.82, 2.24) is 14.5 Å². The molecule has 0 aliphatic carbocycles. The Morgan fingerprint density at radius 1 is 0.571 bits per heavy atom. The molecule has 6 aromatic carbocycles. The van der Waals surface area contributed by atoms with E-state index in [4.69, 9.17) is 9.97 Å². The Morgan fingerprint density at radius 3 is 2.10 bits per heavy atom. The molecule has 0 spiro atoms. The summed E-state index contributed by atoms with van der Waals surface area (Å²) in [5.41, 5.74) is 7.76. The third-order valence-electron chi connectivity index (χ3n) is 8.48. The normalized spacial score (nSPS) is 12.0. The summed E-state index contributed by atoms with van der Waals surface area (Å²) in [5.74, 6) is 0.691. The molecule has 0 atom stereocenters. The van der Waals surface area contributed by atoms with Crippen LogP contribution < -0.4 is 0 Å². The quantitative estimate of drug-likeness (QED) is 0.212. The van der Waals surface area contributed by atoms with E-state index in [9.17, 15) is 0 Å². The van der Waals surface area contributed by atoms with Gasteiger partial charge < -0.3 is 0 Å². The maximum Gasteiger partial charge on any atom is 0.235 e. The van der Waals surface area contributed by atoms with Crippen molar-refractivity contribution in [3.05, 3.63) is 126 Å². The van der Waals surface area contributed by atoms with Crippen molar-refractivity contribution in [2.75, 3.05) is 0 Å². The van der Waals surface area contributed by atoms with Crippen LogP contribution in [0, 0.1) is 13.8 Å². The zero-order valence-corrected chi connectivity index (χ0v) is 24.0. The fraction of sp³-hybridized carbons (Fsp3) is 0.0526. The van der Waals surface area contributed by atoms with Gasteiger partial charge in [-0.2, -0.15) is 0 Å². The number of rotatable bonds is 2. The van der Waals surface area contributed by atoms with Gasteiger partial charge in [-0.25, -0.2) is 9.97 Å². The molecular weight excluding hydrogens is 531 g/mol. The lowest BCUT2D eigenvalue weighted by atomic mass is 9.99. The fourth-order valence-corrected chi connectivity index (χ4v) is 7.87. The van der Waals surface area contributed by atoms with Crippen molar-refractivity contribution >= 4 is 75.0 Å². The van der Waals surface area contributed by atoms with Crippen LogP contribution in [0.2, 0.25) is 0 Å². The summed E-state index contributed by atoms with van der Waals surface area (Å²) in [6, 6.07) is 41.2. The number of fused-ring (bicyclic) bond motifs is 11. The second-order valence-corrected chi connectivity index (χ2v) is 12.2. The monoisotopic (exact) mass is 555 g/mol. The van der Waals surface area contributed by atoms with E-state index in [2.05, 4.69) is 128 Å². The van der Waals surface area contributed by atoms with Crippen LogP contribution in [0.15, 0.2) is 115 Å². The van der Waals surface area contributed by atoms with Crippen molar-refractivity contribution in [1.29, 1.82) is 0 Å². The average Bonchev–Trinajstić information content (AvgIpc) is 3.56. The van der Waals surface area contributed by atoms with Crippen LogP contribution in [0.25, 0.3) is 80.9 Å². The Labute approximate surface area is 246 Å². The number of aryl methyl sites for hydroxylation is 2. The second-order valence-electron chi connectivity index (χ2n) is 11.2. The van der Waals surface area contributed by atoms with Crippen LogP contribution in [-0.4, -0.2) is 14.5 Å². The van der Waals surface area contributed by atoms with Gasteiger partial charge in [0, 0.05) is 52.7 Å². The van der Waals surface area contributed by atoms with E-state index in [1.54, 1.807) is 0 Å². The minimum Gasteiger partial charge on any atom is -0.277 e. The Hall–Kier alpha value is -5.06. The van der Waals surface area contributed by atoms with Gasteiger partial charge in [-0.05, 0) is 44.2 Å². The third-order valence-corrected chi connectivity index (χ3v) is 9.69.